The maximum absolute atomic E-state index is 13.4. The number of nitrogens with one attached hydrogen (secondary N) is 5. The van der Waals surface area contributed by atoms with Crippen LogP contribution in [0.3, 0.4) is 0 Å². The van der Waals surface area contributed by atoms with Crippen molar-refractivity contribution >= 4 is 121 Å². The van der Waals surface area contributed by atoms with Crippen LogP contribution in [0.5, 0.6) is 0 Å². The first-order chi connectivity index (χ1) is 62.2. The lowest BCUT2D eigenvalue weighted by molar-refractivity contribution is -0.137. The third-order valence-electron chi connectivity index (χ3n) is 24.2. The third-order valence-corrected chi connectivity index (χ3v) is 24.2. The Morgan fingerprint density at radius 1 is 0.357 bits per heavy atom. The number of ether oxygens (including phenoxy) is 2. The Balaban J connectivity index is 0.000000159. The zero-order valence-electron chi connectivity index (χ0n) is 74.6. The summed E-state index contributed by atoms with van der Waals surface area (Å²) in [7, 11) is 0. The molecular formula is C104H116ClN9O15. The molecule has 3 aromatic heterocycles. The molecule has 6 aliphatic heterocycles. The van der Waals surface area contributed by atoms with E-state index in [-0.39, 0.29) is 77.9 Å². The molecular weight excluding hydrogens is 1650 g/mol. The van der Waals surface area contributed by atoms with Gasteiger partial charge in [-0.25, -0.2) is 9.59 Å². The fourth-order valence-corrected chi connectivity index (χ4v) is 17.7. The van der Waals surface area contributed by atoms with Crippen molar-refractivity contribution in [1.29, 1.82) is 0 Å². The highest BCUT2D eigenvalue weighted by Gasteiger charge is 2.40. The van der Waals surface area contributed by atoms with Gasteiger partial charge in [-0.2, -0.15) is 0 Å². The fraction of sp³-hybridized carbons (Fsp3) is 0.385. The number of carbonyl (C=O) groups is 10. The number of ketones is 3. The lowest BCUT2D eigenvalue weighted by atomic mass is 10.0. The quantitative estimate of drug-likeness (QED) is 0.0351. The van der Waals surface area contributed by atoms with E-state index >= 15 is 0 Å². The number of anilines is 3. The second kappa shape index (κ2) is 42.6. The number of hydrogen-bond donors (Lipinski definition) is 5. The monoisotopic (exact) mass is 1770 g/mol. The van der Waals surface area contributed by atoms with Crippen LogP contribution in [0.15, 0.2) is 220 Å². The largest absolute Gasteiger partial charge is 0.456 e. The second-order valence-corrected chi connectivity index (χ2v) is 36.0. The van der Waals surface area contributed by atoms with Gasteiger partial charge in [0.15, 0.2) is 17.3 Å². The van der Waals surface area contributed by atoms with Gasteiger partial charge in [0, 0.05) is 115 Å². The Labute approximate surface area is 757 Å². The number of halogens is 1. The van der Waals surface area contributed by atoms with Crippen LogP contribution in [0, 0.1) is 0 Å². The van der Waals surface area contributed by atoms with Gasteiger partial charge in [-0.1, -0.05) is 78.9 Å². The smallest absolute Gasteiger partial charge is 0.410 e. The predicted molar refractivity (Wildman–Crippen MR) is 502 cm³/mol. The Morgan fingerprint density at radius 3 is 1.05 bits per heavy atom. The van der Waals surface area contributed by atoms with Gasteiger partial charge >= 0.3 is 12.2 Å². The zero-order valence-corrected chi connectivity index (χ0v) is 75.3. The topological polar surface area (TPSA) is 302 Å². The van der Waals surface area contributed by atoms with Crippen molar-refractivity contribution in [2.24, 2.45) is 0 Å². The molecule has 0 spiro atoms. The second-order valence-electron chi connectivity index (χ2n) is 36.0. The third kappa shape index (κ3) is 24.5. The van der Waals surface area contributed by atoms with E-state index in [9.17, 15) is 47.9 Å². The number of Topliss-reactive ketones (excluding diaryl/α,β-unsaturated/α-hetero) is 3. The Kier molecular flexibility index (Phi) is 30.6. The molecule has 8 aromatic carbocycles. The van der Waals surface area contributed by atoms with Gasteiger partial charge in [-0.3, -0.25) is 48.2 Å². The molecule has 5 N–H and O–H groups in total. The summed E-state index contributed by atoms with van der Waals surface area (Å²) in [6, 6.07) is 63.7. The first-order valence-electron chi connectivity index (χ1n) is 45.1. The van der Waals surface area contributed by atoms with Gasteiger partial charge in [0.25, 0.3) is 0 Å². The molecule has 6 atom stereocenters. The van der Waals surface area contributed by atoms with Crippen molar-refractivity contribution in [3.8, 4) is 34.0 Å². The summed E-state index contributed by atoms with van der Waals surface area (Å²) in [4.78, 5) is 135. The van der Waals surface area contributed by atoms with Crippen LogP contribution < -0.4 is 26.6 Å². The van der Waals surface area contributed by atoms with Gasteiger partial charge in [0.05, 0.1) is 24.2 Å². The molecule has 0 bridgehead atoms. The lowest BCUT2D eigenvalue weighted by Crippen LogP contribution is -2.45. The number of alkyl halides is 1. The highest BCUT2D eigenvalue weighted by atomic mass is 35.5. The molecule has 0 saturated carbocycles. The maximum atomic E-state index is 13.4. The van der Waals surface area contributed by atoms with Gasteiger partial charge in [-0.15, -0.1) is 11.6 Å². The van der Waals surface area contributed by atoms with E-state index in [4.69, 9.17) is 22.7 Å². The zero-order chi connectivity index (χ0) is 90.9. The molecule has 9 heterocycles. The average molecular weight is 1770 g/mol. The van der Waals surface area contributed by atoms with Crippen molar-refractivity contribution < 1.29 is 70.7 Å². The predicted octanol–water partition coefficient (Wildman–Crippen LogP) is 18.9. The number of furan rings is 3. The van der Waals surface area contributed by atoms with E-state index in [1.165, 1.54) is 11.3 Å². The van der Waals surface area contributed by atoms with E-state index in [0.717, 1.165) is 148 Å². The minimum absolute atomic E-state index is 0.000867. The van der Waals surface area contributed by atoms with Crippen LogP contribution in [-0.2, 0) is 79.9 Å². The van der Waals surface area contributed by atoms with Crippen molar-refractivity contribution in [1.82, 2.24) is 30.2 Å². The molecule has 25 heteroatoms. The minimum Gasteiger partial charge on any atom is -0.456 e. The van der Waals surface area contributed by atoms with E-state index in [1.807, 2.05) is 215 Å². The van der Waals surface area contributed by atoms with Crippen LogP contribution in [0.1, 0.15) is 159 Å². The molecule has 6 saturated heterocycles. The summed E-state index contributed by atoms with van der Waals surface area (Å²) in [6.07, 6.45) is 13.2. The Morgan fingerprint density at radius 2 is 0.682 bits per heavy atom. The highest BCUT2D eigenvalue weighted by Crippen LogP contribution is 2.36. The van der Waals surface area contributed by atoms with Gasteiger partial charge in [0.2, 0.25) is 29.5 Å². The number of rotatable bonds is 24. The standard InChI is InChI=1S/C43H43N3O5.C35H43N3O7.C25H27N3O3.CH3Cl/c47-38(36-13-7-25-45(36)41(48)23-16-30-9-3-1-4-10-30)28-32-15-22-39-34(27-32)29-40(51-39)33-18-20-35(21-19-33)44-43(50)37-14-8-26-46(37)42(49)24-17-31-11-5-2-6-12-31;1-34(2,3)44-32(41)37-17-7-9-26(37)28(39)20-22-11-16-29-24(19-22)21-30(43-29)23-12-14-25(15-13-23)36-31(40)27-10-8-18-38(27)33(42)45-35(4,5)6;29-22(20-3-1-11-26-20)14-16-5-10-23-18(13-16)15-24(31-23)17-6-8-19(9-7-17)28-25(30)21-4-2-12-27-21;1-2/h1-6,9-12,15,18-22,27,29,36-37H,7-8,13-14,16-17,23-26,28H2,(H,44,50);11-16,19,21,26-27H,7-10,17-18,20H2,1-6H3,(H,36,40);5-10,13,15,20-21,26-27H,1-4,11-12,14H2,(H,28,30);1H3/t36-,37-;26-,27-;20-,21-;/m000./s1. The molecule has 0 radical (unpaired) electrons. The number of hydrogen-bond acceptors (Lipinski definition) is 17. The Hall–Kier alpha value is -12.5. The highest BCUT2D eigenvalue weighted by molar-refractivity contribution is 6.15. The van der Waals surface area contributed by atoms with Crippen molar-refractivity contribution in [2.75, 3.05) is 61.6 Å². The summed E-state index contributed by atoms with van der Waals surface area (Å²) >= 11 is 4.64. The number of likely N-dealkylation sites (tertiary alicyclic amines) is 4. The van der Waals surface area contributed by atoms with Crippen LogP contribution >= 0.6 is 11.6 Å². The summed E-state index contributed by atoms with van der Waals surface area (Å²) < 4.78 is 29.3. The number of amides is 7. The van der Waals surface area contributed by atoms with Gasteiger partial charge in [-0.05, 0) is 300 Å². The lowest BCUT2D eigenvalue weighted by Gasteiger charge is -2.28. The molecule has 0 unspecified atom stereocenters. The van der Waals surface area contributed by atoms with Crippen LogP contribution in [-0.4, -0.2) is 172 Å². The van der Waals surface area contributed by atoms with Crippen LogP contribution in [0.2, 0.25) is 0 Å². The Bertz CT molecular complexity index is 5780. The molecule has 7 amide bonds. The van der Waals surface area contributed by atoms with E-state index in [2.05, 4.69) is 38.2 Å². The summed E-state index contributed by atoms with van der Waals surface area (Å²) in [5.41, 5.74) is 10.6. The van der Waals surface area contributed by atoms with Crippen molar-refractivity contribution in [3.63, 3.8) is 0 Å². The fourth-order valence-electron chi connectivity index (χ4n) is 17.7. The number of fused-ring (bicyclic) bond motifs is 3. The molecule has 129 heavy (non-hydrogen) atoms. The molecule has 17 rings (SSSR count). The molecule has 0 aliphatic carbocycles. The number of carbonyl (C=O) groups excluding carboxylic acids is 10. The van der Waals surface area contributed by atoms with E-state index < -0.39 is 41.5 Å². The van der Waals surface area contributed by atoms with E-state index in [1.54, 1.807) is 47.6 Å². The summed E-state index contributed by atoms with van der Waals surface area (Å²) in [5.74, 6) is 2.08. The molecule has 11 aromatic rings. The van der Waals surface area contributed by atoms with Crippen LogP contribution in [0.4, 0.5) is 26.7 Å². The van der Waals surface area contributed by atoms with Crippen molar-refractivity contribution in [3.05, 3.63) is 234 Å². The first kappa shape index (κ1) is 92.7. The molecule has 24 nitrogen and oxygen atoms in total. The number of aryl methyl sites for hydroxylation is 2. The average Bonchev–Trinajstić information content (AvgIpc) is 1.63. The molecule has 6 aliphatic rings. The summed E-state index contributed by atoms with van der Waals surface area (Å²) in [6.45, 7) is 14.9. The number of nitrogens with zero attached hydrogens (tertiary/aromatic N) is 4. The normalized spacial score (nSPS) is 18.4. The first-order valence-corrected chi connectivity index (χ1v) is 45.9. The molecule has 674 valence electrons. The van der Waals surface area contributed by atoms with Gasteiger partial charge in [0.1, 0.15) is 57.3 Å². The maximum Gasteiger partial charge on any atom is 0.410 e. The van der Waals surface area contributed by atoms with E-state index in [0.29, 0.717) is 112 Å². The van der Waals surface area contributed by atoms with Crippen molar-refractivity contribution in [2.45, 2.75) is 211 Å². The molecule has 6 fully saturated rings. The van der Waals surface area contributed by atoms with Gasteiger partial charge < -0.3 is 59.1 Å². The minimum atomic E-state index is -0.632. The van der Waals surface area contributed by atoms with Crippen LogP contribution in [0.25, 0.3) is 66.9 Å². The SMILES string of the molecule is CC(C)(C)OC(=O)N1CCC[C@H]1C(=O)Cc1ccc2oc(-c3ccc(NC(=O)[C@@H]4CCCN4C(=O)OC(C)(C)C)cc3)cc2c1.CCl.O=C(Cc1ccc2oc(-c3ccc(NC(=O)[C@@H]4CCCN4)cc3)cc2c1)[C@@H]1CCCN1.O=C(Cc1ccc2oc(-c3ccc(NC(=O)[C@@H]4CCCN4C(=O)CCc4ccccc4)cc3)cc2c1)[C@@H]1CCCN1C(=O)CCc1ccccc1. The number of benzene rings is 8. The summed E-state index contributed by atoms with van der Waals surface area (Å²) in [5, 5.41) is 18.1.